The number of carbonyl (C=O) groups is 1. The number of hydrogen-bond donors (Lipinski definition) is 2. The molecule has 0 unspecified atom stereocenters. The van der Waals surface area contributed by atoms with E-state index in [2.05, 4.69) is 15.3 Å². The molecule has 1 amide bonds. The number of aryl methyl sites for hydroxylation is 1. The third kappa shape index (κ3) is 3.50. The Labute approximate surface area is 169 Å². The quantitative estimate of drug-likeness (QED) is 0.810. The molecule has 0 saturated carbocycles. The Morgan fingerprint density at radius 3 is 2.45 bits per heavy atom. The number of nitrogens with zero attached hydrogens (tertiary/aromatic N) is 3. The van der Waals surface area contributed by atoms with Crippen LogP contribution < -0.4 is 16.6 Å². The van der Waals surface area contributed by atoms with E-state index < -0.39 is 11.2 Å². The summed E-state index contributed by atoms with van der Waals surface area (Å²) in [5, 5.41) is 3.66. The van der Waals surface area contributed by atoms with E-state index in [9.17, 15) is 14.4 Å². The van der Waals surface area contributed by atoms with Crippen LogP contribution in [0.4, 0.5) is 0 Å². The topological polar surface area (TPSA) is 100 Å². The van der Waals surface area contributed by atoms with Gasteiger partial charge in [-0.3, -0.25) is 19.1 Å². The molecule has 0 radical (unpaired) electrons. The van der Waals surface area contributed by atoms with Crippen LogP contribution in [0.25, 0.3) is 11.0 Å². The van der Waals surface area contributed by atoms with E-state index >= 15 is 0 Å². The molecule has 8 nitrogen and oxygen atoms in total. The maximum Gasteiger partial charge on any atom is 0.329 e. The molecule has 29 heavy (non-hydrogen) atoms. The summed E-state index contributed by atoms with van der Waals surface area (Å²) >= 11 is 0. The monoisotopic (exact) mass is 399 g/mol. The van der Waals surface area contributed by atoms with Gasteiger partial charge in [-0.2, -0.15) is 0 Å². The number of pyridine rings is 1. The maximum absolute atomic E-state index is 13.5. The average Bonchev–Trinajstić information content (AvgIpc) is 3.05. The second-order valence-electron chi connectivity index (χ2n) is 8.50. The first-order valence-corrected chi connectivity index (χ1v) is 10.6. The van der Waals surface area contributed by atoms with E-state index in [1.165, 1.54) is 4.57 Å². The first-order valence-electron chi connectivity index (χ1n) is 10.6. The third-order valence-corrected chi connectivity index (χ3v) is 6.41. The highest BCUT2D eigenvalue weighted by molar-refractivity contribution is 6.05. The molecule has 0 bridgehead atoms. The highest BCUT2D eigenvalue weighted by atomic mass is 16.2. The summed E-state index contributed by atoms with van der Waals surface area (Å²) in [6.07, 6.45) is 1.94. The van der Waals surface area contributed by atoms with Crippen LogP contribution in [0.15, 0.2) is 15.7 Å². The molecular weight excluding hydrogens is 370 g/mol. The fourth-order valence-electron chi connectivity index (χ4n) is 4.64. The van der Waals surface area contributed by atoms with Crippen molar-refractivity contribution in [3.8, 4) is 0 Å². The van der Waals surface area contributed by atoms with Crippen molar-refractivity contribution >= 4 is 16.9 Å². The standard InChI is InChI=1S/C21H29N5O3/c1-4-26-18-17(19(27)24-21(26)29)15(9-16(23-18)12(2)3)20(28)25-7-5-13-10-22-11-14(13)6-8-25/h9,12-14,22H,4-8,10-11H2,1-3H3,(H,24,27,29)/t13-,14+. The van der Waals surface area contributed by atoms with Gasteiger partial charge in [-0.25, -0.2) is 9.78 Å². The van der Waals surface area contributed by atoms with Gasteiger partial charge in [-0.05, 0) is 56.7 Å². The Morgan fingerprint density at radius 2 is 1.86 bits per heavy atom. The van der Waals surface area contributed by atoms with Crippen molar-refractivity contribution in [2.45, 2.75) is 46.1 Å². The summed E-state index contributed by atoms with van der Waals surface area (Å²) in [6, 6.07) is 1.74. The Kier molecular flexibility index (Phi) is 5.29. The molecule has 0 spiro atoms. The van der Waals surface area contributed by atoms with Crippen molar-refractivity contribution in [3.63, 3.8) is 0 Å². The minimum Gasteiger partial charge on any atom is -0.339 e. The number of aromatic amines is 1. The lowest BCUT2D eigenvalue weighted by molar-refractivity contribution is 0.0760. The van der Waals surface area contributed by atoms with Crippen molar-refractivity contribution < 1.29 is 4.79 Å². The molecule has 4 heterocycles. The van der Waals surface area contributed by atoms with Gasteiger partial charge < -0.3 is 10.2 Å². The number of H-pyrrole nitrogens is 1. The van der Waals surface area contributed by atoms with Gasteiger partial charge in [0.05, 0.1) is 10.9 Å². The number of aromatic nitrogens is 3. The molecule has 4 rings (SSSR count). The van der Waals surface area contributed by atoms with Gasteiger partial charge in [0.2, 0.25) is 0 Å². The normalized spacial score (nSPS) is 22.1. The number of likely N-dealkylation sites (tertiary alicyclic amines) is 1. The second kappa shape index (κ2) is 7.74. The summed E-state index contributed by atoms with van der Waals surface area (Å²) in [5.41, 5.74) is 0.326. The highest BCUT2D eigenvalue weighted by Gasteiger charge is 2.32. The minimum absolute atomic E-state index is 0.0696. The van der Waals surface area contributed by atoms with E-state index in [1.807, 2.05) is 25.7 Å². The van der Waals surface area contributed by atoms with Crippen molar-refractivity contribution in [1.29, 1.82) is 0 Å². The fraction of sp³-hybridized carbons (Fsp3) is 0.619. The summed E-state index contributed by atoms with van der Waals surface area (Å²) in [7, 11) is 0. The average molecular weight is 399 g/mol. The zero-order valence-corrected chi connectivity index (χ0v) is 17.3. The molecule has 2 atom stereocenters. The van der Waals surface area contributed by atoms with Crippen LogP contribution >= 0.6 is 0 Å². The summed E-state index contributed by atoms with van der Waals surface area (Å²) in [6.45, 7) is 9.59. The van der Waals surface area contributed by atoms with Crippen molar-refractivity contribution in [2.24, 2.45) is 11.8 Å². The van der Waals surface area contributed by atoms with Crippen LogP contribution in [0.2, 0.25) is 0 Å². The van der Waals surface area contributed by atoms with Gasteiger partial charge in [0.1, 0.15) is 0 Å². The molecule has 0 aromatic carbocycles. The zero-order valence-electron chi connectivity index (χ0n) is 17.3. The lowest BCUT2D eigenvalue weighted by Gasteiger charge is -2.22. The lowest BCUT2D eigenvalue weighted by Crippen LogP contribution is -2.36. The van der Waals surface area contributed by atoms with Crippen molar-refractivity contribution in [1.82, 2.24) is 24.8 Å². The summed E-state index contributed by atoms with van der Waals surface area (Å²) in [5.74, 6) is 1.16. The van der Waals surface area contributed by atoms with Crippen LogP contribution in [0, 0.1) is 11.8 Å². The molecule has 2 aliphatic heterocycles. The molecule has 2 aliphatic rings. The number of rotatable bonds is 3. The molecule has 2 aromatic rings. The number of fused-ring (bicyclic) bond motifs is 2. The van der Waals surface area contributed by atoms with Gasteiger partial charge in [-0.1, -0.05) is 13.8 Å². The zero-order chi connectivity index (χ0) is 20.7. The maximum atomic E-state index is 13.5. The van der Waals surface area contributed by atoms with E-state index in [0.29, 0.717) is 48.4 Å². The van der Waals surface area contributed by atoms with E-state index in [0.717, 1.165) is 25.9 Å². The fourth-order valence-corrected chi connectivity index (χ4v) is 4.64. The van der Waals surface area contributed by atoms with Crippen LogP contribution in [-0.2, 0) is 6.54 Å². The number of amides is 1. The Bertz CT molecular complexity index is 1040. The number of carbonyl (C=O) groups excluding carboxylic acids is 1. The highest BCUT2D eigenvalue weighted by Crippen LogP contribution is 2.28. The van der Waals surface area contributed by atoms with Crippen LogP contribution in [0.3, 0.4) is 0 Å². The first-order chi connectivity index (χ1) is 13.9. The van der Waals surface area contributed by atoms with Gasteiger partial charge in [0.25, 0.3) is 11.5 Å². The van der Waals surface area contributed by atoms with Gasteiger partial charge >= 0.3 is 5.69 Å². The molecule has 0 aliphatic carbocycles. The molecule has 2 N–H and O–H groups in total. The van der Waals surface area contributed by atoms with Crippen LogP contribution in [0.1, 0.15) is 55.6 Å². The minimum atomic E-state index is -0.545. The molecule has 2 fully saturated rings. The predicted octanol–water partition coefficient (Wildman–Crippen LogP) is 1.30. The van der Waals surface area contributed by atoms with E-state index in [-0.39, 0.29) is 17.2 Å². The smallest absolute Gasteiger partial charge is 0.329 e. The largest absolute Gasteiger partial charge is 0.339 e. The number of hydrogen-bond acceptors (Lipinski definition) is 5. The van der Waals surface area contributed by atoms with Crippen molar-refractivity contribution in [2.75, 3.05) is 26.2 Å². The summed E-state index contributed by atoms with van der Waals surface area (Å²) in [4.78, 5) is 47.3. The molecule has 156 valence electrons. The lowest BCUT2D eigenvalue weighted by atomic mass is 9.92. The van der Waals surface area contributed by atoms with Crippen molar-refractivity contribution in [3.05, 3.63) is 38.2 Å². The molecule has 2 saturated heterocycles. The second-order valence-corrected chi connectivity index (χ2v) is 8.50. The predicted molar refractivity (Wildman–Crippen MR) is 111 cm³/mol. The Morgan fingerprint density at radius 1 is 1.21 bits per heavy atom. The third-order valence-electron chi connectivity index (χ3n) is 6.41. The first kappa shape index (κ1) is 19.8. The van der Waals surface area contributed by atoms with Gasteiger partial charge in [-0.15, -0.1) is 0 Å². The molecular formula is C21H29N5O3. The number of nitrogens with one attached hydrogen (secondary N) is 2. The SMILES string of the molecule is CCn1c(=O)[nH]c(=O)c2c(C(=O)N3CC[C@@H]4CNC[C@@H]4CC3)cc(C(C)C)nc21. The molecule has 8 heteroatoms. The van der Waals surface area contributed by atoms with Gasteiger partial charge in [0, 0.05) is 25.3 Å². The van der Waals surface area contributed by atoms with E-state index in [1.54, 1.807) is 6.07 Å². The Hall–Kier alpha value is -2.48. The van der Waals surface area contributed by atoms with Gasteiger partial charge in [0.15, 0.2) is 5.65 Å². The Balaban J connectivity index is 1.82. The van der Waals surface area contributed by atoms with Crippen LogP contribution in [-0.4, -0.2) is 51.5 Å². The molecule has 2 aromatic heterocycles. The summed E-state index contributed by atoms with van der Waals surface area (Å²) < 4.78 is 1.43. The van der Waals surface area contributed by atoms with E-state index in [4.69, 9.17) is 0 Å². The van der Waals surface area contributed by atoms with Crippen LogP contribution in [0.5, 0.6) is 0 Å².